The van der Waals surface area contributed by atoms with Crippen LogP contribution < -0.4 is 0 Å². The average molecular weight is 387 g/mol. The highest BCUT2D eigenvalue weighted by atomic mass is 16.5. The van der Waals surface area contributed by atoms with E-state index in [1.807, 2.05) is 19.1 Å². The molecule has 0 aliphatic heterocycles. The minimum atomic E-state index is -0.337. The summed E-state index contributed by atoms with van der Waals surface area (Å²) in [7, 11) is 0. The van der Waals surface area contributed by atoms with E-state index in [9.17, 15) is 14.7 Å². The molecular formula is C24H34O4. The molecule has 154 valence electrons. The predicted molar refractivity (Wildman–Crippen MR) is 107 cm³/mol. The molecule has 0 radical (unpaired) electrons. The van der Waals surface area contributed by atoms with Gasteiger partial charge in [0.15, 0.2) is 5.78 Å². The first-order valence-electron chi connectivity index (χ1n) is 10.9. The average Bonchev–Trinajstić information content (AvgIpc) is 2.87. The monoisotopic (exact) mass is 386 g/mol. The SMILES string of the molecule is CC(=O)O[C@@H](C)[C@@H]1C[C@H](O)[C@@]2(C)CC[C@H]3[C@@H](CCC4=CC(=O)C=C(C)[C@@]43C)[C@H]12. The molecule has 0 saturated heterocycles. The van der Waals surface area contributed by atoms with Crippen LogP contribution in [0, 0.1) is 34.5 Å². The highest BCUT2D eigenvalue weighted by molar-refractivity contribution is 6.02. The van der Waals surface area contributed by atoms with Crippen LogP contribution in [0.15, 0.2) is 23.3 Å². The molecule has 0 amide bonds. The molecule has 0 aromatic heterocycles. The van der Waals surface area contributed by atoms with Gasteiger partial charge in [0, 0.05) is 18.3 Å². The summed E-state index contributed by atoms with van der Waals surface area (Å²) in [5, 5.41) is 11.0. The lowest BCUT2D eigenvalue weighted by atomic mass is 9.46. The van der Waals surface area contributed by atoms with Gasteiger partial charge in [-0.2, -0.15) is 0 Å². The van der Waals surface area contributed by atoms with Crippen LogP contribution in [0.1, 0.15) is 66.7 Å². The topological polar surface area (TPSA) is 63.6 Å². The third-order valence-electron chi connectivity index (χ3n) is 9.06. The number of carbonyl (C=O) groups is 2. The van der Waals surface area contributed by atoms with Gasteiger partial charge in [0.2, 0.25) is 0 Å². The zero-order valence-corrected chi connectivity index (χ0v) is 17.8. The van der Waals surface area contributed by atoms with Gasteiger partial charge in [-0.1, -0.05) is 25.0 Å². The summed E-state index contributed by atoms with van der Waals surface area (Å²) in [5.74, 6) is 1.39. The fraction of sp³-hybridized carbons (Fsp3) is 0.750. The molecule has 4 aliphatic rings. The summed E-state index contributed by atoms with van der Waals surface area (Å²) < 4.78 is 5.61. The lowest BCUT2D eigenvalue weighted by molar-refractivity contribution is -0.151. The van der Waals surface area contributed by atoms with E-state index in [-0.39, 0.29) is 40.7 Å². The van der Waals surface area contributed by atoms with E-state index in [1.54, 1.807) is 0 Å². The molecule has 8 atom stereocenters. The second-order valence-electron chi connectivity index (χ2n) is 10.2. The number of hydrogen-bond acceptors (Lipinski definition) is 4. The van der Waals surface area contributed by atoms with Crippen molar-refractivity contribution >= 4 is 11.8 Å². The van der Waals surface area contributed by atoms with Gasteiger partial charge in [0.05, 0.1) is 6.10 Å². The third-order valence-corrected chi connectivity index (χ3v) is 9.06. The zero-order chi connectivity index (χ0) is 20.4. The molecule has 0 bridgehead atoms. The number of rotatable bonds is 2. The summed E-state index contributed by atoms with van der Waals surface area (Å²) in [6, 6.07) is 0. The van der Waals surface area contributed by atoms with Crippen molar-refractivity contribution in [3.8, 4) is 0 Å². The van der Waals surface area contributed by atoms with E-state index in [0.29, 0.717) is 24.2 Å². The number of esters is 1. The lowest BCUT2D eigenvalue weighted by Crippen LogP contribution is -2.53. The van der Waals surface area contributed by atoms with Gasteiger partial charge >= 0.3 is 5.97 Å². The molecule has 28 heavy (non-hydrogen) atoms. The number of ketones is 1. The van der Waals surface area contributed by atoms with Crippen molar-refractivity contribution in [1.82, 2.24) is 0 Å². The molecular weight excluding hydrogens is 352 g/mol. The highest BCUT2D eigenvalue weighted by Crippen LogP contribution is 2.67. The maximum absolute atomic E-state index is 12.1. The summed E-state index contributed by atoms with van der Waals surface area (Å²) in [4.78, 5) is 23.7. The van der Waals surface area contributed by atoms with Crippen molar-refractivity contribution in [1.29, 1.82) is 0 Å². The number of fused-ring (bicyclic) bond motifs is 5. The van der Waals surface area contributed by atoms with Gasteiger partial charge in [0.25, 0.3) is 0 Å². The first kappa shape index (κ1) is 19.9. The van der Waals surface area contributed by atoms with E-state index >= 15 is 0 Å². The number of aliphatic hydroxyl groups excluding tert-OH is 1. The second-order valence-corrected chi connectivity index (χ2v) is 10.2. The fourth-order valence-corrected chi connectivity index (χ4v) is 7.55. The van der Waals surface area contributed by atoms with Crippen molar-refractivity contribution in [3.05, 3.63) is 23.3 Å². The van der Waals surface area contributed by atoms with Crippen LogP contribution in [0.25, 0.3) is 0 Å². The molecule has 0 unspecified atom stereocenters. The summed E-state index contributed by atoms with van der Waals surface area (Å²) in [5.41, 5.74) is 2.32. The molecule has 3 fully saturated rings. The molecule has 0 spiro atoms. The Morgan fingerprint density at radius 2 is 2.00 bits per heavy atom. The minimum Gasteiger partial charge on any atom is -0.463 e. The third kappa shape index (κ3) is 2.67. The first-order valence-corrected chi connectivity index (χ1v) is 10.9. The van der Waals surface area contributed by atoms with Crippen LogP contribution in [0.5, 0.6) is 0 Å². The van der Waals surface area contributed by atoms with Crippen LogP contribution in [0.4, 0.5) is 0 Å². The van der Waals surface area contributed by atoms with Crippen LogP contribution in [-0.2, 0) is 14.3 Å². The van der Waals surface area contributed by atoms with Gasteiger partial charge in [-0.25, -0.2) is 0 Å². The fourth-order valence-electron chi connectivity index (χ4n) is 7.55. The molecule has 0 heterocycles. The standard InChI is InChI=1S/C24H34O4/c1-13-10-17(26)11-16-6-7-18-20(24(13,16)5)8-9-23(4)21(27)12-19(22(18)23)14(2)28-15(3)25/h10-11,14,18-22,27H,6-9,12H2,1-5H3/t14-,18+,19-,20-,21-,22+,23+,24-/m0/s1. The Morgan fingerprint density at radius 3 is 2.68 bits per heavy atom. The lowest BCUT2D eigenvalue weighted by Gasteiger charge is -2.58. The largest absolute Gasteiger partial charge is 0.463 e. The van der Waals surface area contributed by atoms with Crippen LogP contribution in [0.2, 0.25) is 0 Å². The van der Waals surface area contributed by atoms with E-state index in [0.717, 1.165) is 25.7 Å². The summed E-state index contributed by atoms with van der Waals surface area (Å²) in [6.07, 6.45) is 7.98. The van der Waals surface area contributed by atoms with Crippen molar-refractivity contribution in [2.45, 2.75) is 78.9 Å². The quantitative estimate of drug-likeness (QED) is 0.722. The van der Waals surface area contributed by atoms with E-state index < -0.39 is 0 Å². The number of allylic oxidation sites excluding steroid dienone is 4. The van der Waals surface area contributed by atoms with Crippen LogP contribution in [-0.4, -0.2) is 29.1 Å². The zero-order valence-electron chi connectivity index (χ0n) is 17.8. The van der Waals surface area contributed by atoms with E-state index in [4.69, 9.17) is 4.74 Å². The Balaban J connectivity index is 1.72. The van der Waals surface area contributed by atoms with Crippen molar-refractivity contribution in [2.75, 3.05) is 0 Å². The van der Waals surface area contributed by atoms with Gasteiger partial charge in [-0.05, 0) is 81.3 Å². The predicted octanol–water partition coefficient (Wildman–Crippen LogP) is 4.22. The number of ether oxygens (including phenoxy) is 1. The Labute approximate surface area is 168 Å². The van der Waals surface area contributed by atoms with E-state index in [2.05, 4.69) is 20.8 Å². The Morgan fingerprint density at radius 1 is 1.29 bits per heavy atom. The Hall–Kier alpha value is -1.42. The van der Waals surface area contributed by atoms with Gasteiger partial charge < -0.3 is 9.84 Å². The normalized spacial score (nSPS) is 45.9. The molecule has 0 aromatic carbocycles. The molecule has 4 aliphatic carbocycles. The minimum absolute atomic E-state index is 0.0546. The smallest absolute Gasteiger partial charge is 0.302 e. The summed E-state index contributed by atoms with van der Waals surface area (Å²) >= 11 is 0. The van der Waals surface area contributed by atoms with Crippen LogP contribution >= 0.6 is 0 Å². The Kier molecular flexibility index (Phi) is 4.65. The number of carbonyl (C=O) groups excluding carboxylic acids is 2. The van der Waals surface area contributed by atoms with E-state index in [1.165, 1.54) is 18.1 Å². The van der Waals surface area contributed by atoms with Gasteiger partial charge in [-0.3, -0.25) is 9.59 Å². The van der Waals surface area contributed by atoms with Crippen molar-refractivity contribution in [3.63, 3.8) is 0 Å². The van der Waals surface area contributed by atoms with Crippen LogP contribution in [0.3, 0.4) is 0 Å². The molecule has 0 aromatic rings. The maximum atomic E-state index is 12.1. The molecule has 4 nitrogen and oxygen atoms in total. The van der Waals surface area contributed by atoms with Gasteiger partial charge in [0.1, 0.15) is 6.10 Å². The van der Waals surface area contributed by atoms with Crippen molar-refractivity contribution in [2.24, 2.45) is 34.5 Å². The van der Waals surface area contributed by atoms with Gasteiger partial charge in [-0.15, -0.1) is 0 Å². The molecule has 1 N–H and O–H groups in total. The summed E-state index contributed by atoms with van der Waals surface area (Å²) in [6.45, 7) is 10.2. The molecule has 4 rings (SSSR count). The second kappa shape index (κ2) is 6.55. The molecule has 4 heteroatoms. The number of hydrogen-bond donors (Lipinski definition) is 1. The highest BCUT2D eigenvalue weighted by Gasteiger charge is 2.63. The Bertz CT molecular complexity index is 765. The maximum Gasteiger partial charge on any atom is 0.302 e. The number of aliphatic hydroxyl groups is 1. The first-order chi connectivity index (χ1) is 13.1. The van der Waals surface area contributed by atoms with Crippen molar-refractivity contribution < 1.29 is 19.4 Å². The molecule has 3 saturated carbocycles.